The van der Waals surface area contributed by atoms with E-state index in [2.05, 4.69) is 10.1 Å². The molecule has 1 aliphatic heterocycles. The molecule has 1 N–H and O–H groups in total. The number of carbonyl (C=O) groups excluding carboxylic acids is 1. The molecule has 7 heteroatoms. The van der Waals surface area contributed by atoms with Crippen LogP contribution in [0.4, 0.5) is 0 Å². The Kier molecular flexibility index (Phi) is 4.36. The van der Waals surface area contributed by atoms with Crippen LogP contribution in [-0.4, -0.2) is 38.0 Å². The second-order valence-electron chi connectivity index (χ2n) is 7.38. The number of amides is 1. The molecule has 1 saturated heterocycles. The Hall–Kier alpha value is -3.12. The molecule has 1 fully saturated rings. The number of carbonyl (C=O) groups is 1. The van der Waals surface area contributed by atoms with E-state index in [4.69, 9.17) is 11.6 Å². The smallest absolute Gasteiger partial charge is 0.259 e. The standard InChI is InChI=1S/C22H19ClN4O2/c23-18-9-3-1-6-14(18)12-15-7-5-11-26(15)22(29)17-13-24-27-19-10-4-2-8-16(19)21(28)25-20(17)27/h1-4,6,8-10,13,15H,5,7,11-12H2,(H,25,28). The van der Waals surface area contributed by atoms with E-state index in [1.807, 2.05) is 47.4 Å². The molecule has 4 aromatic rings. The molecule has 29 heavy (non-hydrogen) atoms. The minimum absolute atomic E-state index is 0.0736. The van der Waals surface area contributed by atoms with Crippen LogP contribution in [0.3, 0.4) is 0 Å². The van der Waals surface area contributed by atoms with Gasteiger partial charge in [-0.05, 0) is 43.0 Å². The second kappa shape index (κ2) is 7.04. The zero-order chi connectivity index (χ0) is 20.0. The number of H-pyrrole nitrogens is 1. The summed E-state index contributed by atoms with van der Waals surface area (Å²) < 4.78 is 1.63. The summed E-state index contributed by atoms with van der Waals surface area (Å²) in [5.74, 6) is -0.111. The Morgan fingerprint density at radius 1 is 1.17 bits per heavy atom. The van der Waals surface area contributed by atoms with E-state index in [9.17, 15) is 9.59 Å². The summed E-state index contributed by atoms with van der Waals surface area (Å²) >= 11 is 6.32. The summed E-state index contributed by atoms with van der Waals surface area (Å²) in [6.07, 6.45) is 4.13. The summed E-state index contributed by atoms with van der Waals surface area (Å²) in [5.41, 5.74) is 2.34. The van der Waals surface area contributed by atoms with E-state index >= 15 is 0 Å². The van der Waals surface area contributed by atoms with E-state index in [0.29, 0.717) is 35.1 Å². The third-order valence-corrected chi connectivity index (χ3v) is 6.03. The van der Waals surface area contributed by atoms with Crippen LogP contribution in [0.25, 0.3) is 16.6 Å². The maximum atomic E-state index is 13.4. The minimum Gasteiger partial charge on any atom is -0.335 e. The number of halogens is 1. The van der Waals surface area contributed by atoms with Gasteiger partial charge in [0.1, 0.15) is 11.2 Å². The van der Waals surface area contributed by atoms with Crippen molar-refractivity contribution < 1.29 is 4.79 Å². The molecule has 0 radical (unpaired) electrons. The highest BCUT2D eigenvalue weighted by molar-refractivity contribution is 6.31. The van der Waals surface area contributed by atoms with Crippen molar-refractivity contribution >= 4 is 34.1 Å². The first-order valence-electron chi connectivity index (χ1n) is 9.66. The van der Waals surface area contributed by atoms with Crippen molar-refractivity contribution in [1.29, 1.82) is 0 Å². The maximum absolute atomic E-state index is 13.4. The van der Waals surface area contributed by atoms with Crippen molar-refractivity contribution in [2.45, 2.75) is 25.3 Å². The quantitative estimate of drug-likeness (QED) is 0.564. The van der Waals surface area contributed by atoms with Crippen LogP contribution < -0.4 is 5.56 Å². The largest absolute Gasteiger partial charge is 0.335 e. The number of fused-ring (bicyclic) bond motifs is 3. The molecule has 1 atom stereocenters. The number of aromatic amines is 1. The lowest BCUT2D eigenvalue weighted by atomic mass is 10.0. The molecular weight excluding hydrogens is 388 g/mol. The lowest BCUT2D eigenvalue weighted by Gasteiger charge is -2.25. The van der Waals surface area contributed by atoms with Gasteiger partial charge in [-0.1, -0.05) is 41.9 Å². The van der Waals surface area contributed by atoms with Crippen LogP contribution in [0.2, 0.25) is 5.02 Å². The fourth-order valence-electron chi connectivity index (χ4n) is 4.22. The van der Waals surface area contributed by atoms with Crippen molar-refractivity contribution in [1.82, 2.24) is 19.5 Å². The maximum Gasteiger partial charge on any atom is 0.259 e. The molecule has 3 heterocycles. The number of nitrogens with zero attached hydrogens (tertiary/aromatic N) is 3. The van der Waals surface area contributed by atoms with Gasteiger partial charge in [0.15, 0.2) is 0 Å². The van der Waals surface area contributed by atoms with E-state index in [1.165, 1.54) is 0 Å². The molecule has 0 spiro atoms. The molecule has 1 unspecified atom stereocenters. The summed E-state index contributed by atoms with van der Waals surface area (Å²) in [4.78, 5) is 30.6. The highest BCUT2D eigenvalue weighted by Crippen LogP contribution is 2.27. The molecule has 2 aromatic carbocycles. The van der Waals surface area contributed by atoms with E-state index in [0.717, 1.165) is 23.4 Å². The minimum atomic E-state index is -0.225. The van der Waals surface area contributed by atoms with Crippen LogP contribution in [0.1, 0.15) is 28.8 Å². The number of para-hydroxylation sites is 1. The number of hydrogen-bond acceptors (Lipinski definition) is 3. The molecule has 0 aliphatic carbocycles. The summed E-state index contributed by atoms with van der Waals surface area (Å²) in [6, 6.07) is 15.1. The number of aromatic nitrogens is 3. The van der Waals surface area contributed by atoms with Gasteiger partial charge in [0.25, 0.3) is 11.5 Å². The highest BCUT2D eigenvalue weighted by atomic mass is 35.5. The average molecular weight is 407 g/mol. The number of benzene rings is 2. The molecule has 6 nitrogen and oxygen atoms in total. The van der Waals surface area contributed by atoms with Crippen molar-refractivity contribution in [3.8, 4) is 0 Å². The molecule has 5 rings (SSSR count). The van der Waals surface area contributed by atoms with Gasteiger partial charge >= 0.3 is 0 Å². The lowest BCUT2D eigenvalue weighted by Crippen LogP contribution is -2.37. The summed E-state index contributed by atoms with van der Waals surface area (Å²) in [7, 11) is 0. The van der Waals surface area contributed by atoms with Gasteiger partial charge < -0.3 is 9.88 Å². The lowest BCUT2D eigenvalue weighted by molar-refractivity contribution is 0.0738. The van der Waals surface area contributed by atoms with Gasteiger partial charge in [0.2, 0.25) is 0 Å². The fraction of sp³-hybridized carbons (Fsp3) is 0.227. The Bertz CT molecular complexity index is 1290. The monoisotopic (exact) mass is 406 g/mol. The highest BCUT2D eigenvalue weighted by Gasteiger charge is 2.31. The van der Waals surface area contributed by atoms with Crippen LogP contribution in [0, 0.1) is 0 Å². The molecule has 1 amide bonds. The third-order valence-electron chi connectivity index (χ3n) is 5.66. The van der Waals surface area contributed by atoms with Gasteiger partial charge in [-0.2, -0.15) is 5.10 Å². The topological polar surface area (TPSA) is 70.5 Å². The average Bonchev–Trinajstić information content (AvgIpc) is 3.37. The van der Waals surface area contributed by atoms with Gasteiger partial charge in [0, 0.05) is 17.6 Å². The van der Waals surface area contributed by atoms with Crippen LogP contribution in [0.5, 0.6) is 0 Å². The fourth-order valence-corrected chi connectivity index (χ4v) is 4.43. The number of hydrogen-bond donors (Lipinski definition) is 1. The second-order valence-corrected chi connectivity index (χ2v) is 7.79. The SMILES string of the molecule is O=C(c1cnn2c1[nH]c(=O)c1ccccc12)N1CCCC1Cc1ccccc1Cl. The van der Waals surface area contributed by atoms with Crippen molar-refractivity contribution in [2.24, 2.45) is 0 Å². The summed E-state index contributed by atoms with van der Waals surface area (Å²) in [6.45, 7) is 0.684. The number of likely N-dealkylation sites (tertiary alicyclic amines) is 1. The van der Waals surface area contributed by atoms with E-state index in [1.54, 1.807) is 16.8 Å². The summed E-state index contributed by atoms with van der Waals surface area (Å²) in [5, 5.41) is 5.64. The molecule has 146 valence electrons. The number of nitrogens with one attached hydrogen (secondary N) is 1. The molecular formula is C22H19ClN4O2. The zero-order valence-electron chi connectivity index (χ0n) is 15.6. The Morgan fingerprint density at radius 3 is 2.83 bits per heavy atom. The van der Waals surface area contributed by atoms with Crippen molar-refractivity contribution in [3.63, 3.8) is 0 Å². The first kappa shape index (κ1) is 17.9. The van der Waals surface area contributed by atoms with Gasteiger partial charge in [-0.3, -0.25) is 9.59 Å². The Balaban J connectivity index is 1.52. The normalized spacial score (nSPS) is 16.7. The van der Waals surface area contributed by atoms with E-state index < -0.39 is 0 Å². The van der Waals surface area contributed by atoms with Crippen LogP contribution in [-0.2, 0) is 6.42 Å². The van der Waals surface area contributed by atoms with Gasteiger partial charge in [-0.15, -0.1) is 0 Å². The first-order chi connectivity index (χ1) is 14.1. The van der Waals surface area contributed by atoms with Crippen molar-refractivity contribution in [2.75, 3.05) is 6.54 Å². The van der Waals surface area contributed by atoms with Gasteiger partial charge in [-0.25, -0.2) is 4.52 Å². The van der Waals surface area contributed by atoms with Crippen LogP contribution >= 0.6 is 11.6 Å². The predicted molar refractivity (Wildman–Crippen MR) is 113 cm³/mol. The van der Waals surface area contributed by atoms with Crippen LogP contribution in [0.15, 0.2) is 59.5 Å². The Labute approximate surface area is 171 Å². The van der Waals surface area contributed by atoms with E-state index in [-0.39, 0.29) is 17.5 Å². The van der Waals surface area contributed by atoms with Crippen molar-refractivity contribution in [3.05, 3.63) is 81.2 Å². The predicted octanol–water partition coefficient (Wildman–Crippen LogP) is 3.68. The van der Waals surface area contributed by atoms with Gasteiger partial charge in [0.05, 0.1) is 17.1 Å². The molecule has 0 bridgehead atoms. The first-order valence-corrected chi connectivity index (χ1v) is 10.0. The third kappa shape index (κ3) is 3.00. The molecule has 1 aliphatic rings. The molecule has 0 saturated carbocycles. The molecule has 2 aromatic heterocycles. The number of rotatable bonds is 3. The zero-order valence-corrected chi connectivity index (χ0v) is 16.4. The Morgan fingerprint density at radius 2 is 1.97 bits per heavy atom.